The van der Waals surface area contributed by atoms with Crippen molar-refractivity contribution in [3.63, 3.8) is 0 Å². The molecule has 0 radical (unpaired) electrons. The maximum atomic E-state index is 12.8. The molecule has 0 saturated heterocycles. The summed E-state index contributed by atoms with van der Waals surface area (Å²) in [4.78, 5) is 21.1. The molecular weight excluding hydrogens is 386 g/mol. The van der Waals surface area contributed by atoms with E-state index >= 15 is 0 Å². The first-order valence-corrected chi connectivity index (χ1v) is 10.1. The Morgan fingerprint density at radius 3 is 2.62 bits per heavy atom. The number of rotatable bonds is 6. The monoisotopic (exact) mass is 404 g/mol. The van der Waals surface area contributed by atoms with E-state index in [4.69, 9.17) is 8.83 Å². The minimum absolute atomic E-state index is 0.0192. The molecule has 1 atom stereocenters. The molecule has 0 fully saturated rings. The van der Waals surface area contributed by atoms with Crippen LogP contribution < -0.4 is 10.9 Å². The maximum absolute atomic E-state index is 12.8. The highest BCUT2D eigenvalue weighted by Crippen LogP contribution is 2.30. The van der Waals surface area contributed by atoms with Gasteiger partial charge >= 0.3 is 0 Å². The topological polar surface area (TPSA) is 88.6 Å². The number of nitrogens with one attached hydrogen (secondary N) is 1. The second-order valence-corrected chi connectivity index (χ2v) is 7.52. The SMILES string of the molecule is O=c1[nH]c(C[NH2+][C@H](c2ccccc2)c2ccco2)nc2scc(-c3ccco3)c12. The summed E-state index contributed by atoms with van der Waals surface area (Å²) in [7, 11) is 0. The average molecular weight is 404 g/mol. The smallest absolute Gasteiger partial charge is 0.260 e. The minimum atomic E-state index is -0.152. The van der Waals surface area contributed by atoms with Crippen LogP contribution in [0.15, 0.2) is 86.1 Å². The lowest BCUT2D eigenvalue weighted by molar-refractivity contribution is -0.705. The molecule has 0 spiro atoms. The van der Waals surface area contributed by atoms with Gasteiger partial charge in [0.25, 0.3) is 5.56 Å². The van der Waals surface area contributed by atoms with E-state index in [9.17, 15) is 4.79 Å². The summed E-state index contributed by atoms with van der Waals surface area (Å²) in [5, 5.41) is 4.59. The van der Waals surface area contributed by atoms with Crippen LogP contribution in [-0.4, -0.2) is 9.97 Å². The van der Waals surface area contributed by atoms with Gasteiger partial charge in [-0.15, -0.1) is 11.3 Å². The lowest BCUT2D eigenvalue weighted by Crippen LogP contribution is -2.84. The fourth-order valence-electron chi connectivity index (χ4n) is 3.48. The van der Waals surface area contributed by atoms with Crippen molar-refractivity contribution in [1.82, 2.24) is 9.97 Å². The van der Waals surface area contributed by atoms with Crippen LogP contribution in [0.3, 0.4) is 0 Å². The van der Waals surface area contributed by atoms with Crippen LogP contribution in [0.1, 0.15) is 23.2 Å². The van der Waals surface area contributed by atoms with Gasteiger partial charge in [0.2, 0.25) is 0 Å². The van der Waals surface area contributed by atoms with Crippen LogP contribution in [-0.2, 0) is 6.54 Å². The van der Waals surface area contributed by atoms with Gasteiger partial charge in [-0.2, -0.15) is 0 Å². The van der Waals surface area contributed by atoms with E-state index in [0.29, 0.717) is 28.3 Å². The zero-order valence-electron chi connectivity index (χ0n) is 15.4. The number of nitrogens with zero attached hydrogens (tertiary/aromatic N) is 1. The third-order valence-corrected chi connectivity index (χ3v) is 5.71. The van der Waals surface area contributed by atoms with E-state index in [1.54, 1.807) is 12.5 Å². The highest BCUT2D eigenvalue weighted by molar-refractivity contribution is 7.17. The molecule has 29 heavy (non-hydrogen) atoms. The van der Waals surface area contributed by atoms with Crippen LogP contribution in [0.2, 0.25) is 0 Å². The molecule has 0 aliphatic carbocycles. The number of aromatic amines is 1. The van der Waals surface area contributed by atoms with Crippen molar-refractivity contribution in [1.29, 1.82) is 0 Å². The van der Waals surface area contributed by atoms with Crippen molar-refractivity contribution in [2.24, 2.45) is 0 Å². The Morgan fingerprint density at radius 1 is 1.03 bits per heavy atom. The van der Waals surface area contributed by atoms with Gasteiger partial charge in [0, 0.05) is 16.5 Å². The van der Waals surface area contributed by atoms with Crippen molar-refractivity contribution >= 4 is 21.6 Å². The molecule has 0 amide bonds. The van der Waals surface area contributed by atoms with E-state index in [0.717, 1.165) is 16.9 Å². The number of fused-ring (bicyclic) bond motifs is 1. The van der Waals surface area contributed by atoms with Crippen molar-refractivity contribution in [2.75, 3.05) is 0 Å². The zero-order valence-corrected chi connectivity index (χ0v) is 16.2. The van der Waals surface area contributed by atoms with E-state index in [1.807, 2.05) is 47.8 Å². The molecule has 6 nitrogen and oxygen atoms in total. The van der Waals surface area contributed by atoms with Crippen LogP contribution in [0.4, 0.5) is 0 Å². The standard InChI is InChI=1S/C22H17N3O3S/c26-21-19-15(16-8-4-10-27-16)13-29-22(19)25-18(24-21)12-23-20(17-9-5-11-28-17)14-6-2-1-3-7-14/h1-11,13,20,23H,12H2,(H,24,25,26)/p+1/t20-/m1/s1. The predicted molar refractivity (Wildman–Crippen MR) is 111 cm³/mol. The van der Waals surface area contributed by atoms with Crippen molar-refractivity contribution in [3.8, 4) is 11.3 Å². The maximum Gasteiger partial charge on any atom is 0.260 e. The average Bonchev–Trinajstić information content (AvgIpc) is 3.50. The van der Waals surface area contributed by atoms with Gasteiger partial charge in [-0.25, -0.2) is 4.98 Å². The number of thiophene rings is 1. The van der Waals surface area contributed by atoms with Gasteiger partial charge in [-0.3, -0.25) is 4.79 Å². The molecule has 0 aliphatic heterocycles. The van der Waals surface area contributed by atoms with Gasteiger partial charge < -0.3 is 19.1 Å². The number of H-pyrrole nitrogens is 1. The first-order valence-electron chi connectivity index (χ1n) is 9.25. The fourth-order valence-corrected chi connectivity index (χ4v) is 4.42. The summed E-state index contributed by atoms with van der Waals surface area (Å²) >= 11 is 1.45. The summed E-state index contributed by atoms with van der Waals surface area (Å²) < 4.78 is 11.1. The Balaban J connectivity index is 1.45. The third kappa shape index (κ3) is 3.41. The molecular formula is C22H18N3O3S+. The predicted octanol–water partition coefficient (Wildman–Crippen LogP) is 3.69. The van der Waals surface area contributed by atoms with E-state index in [1.165, 1.54) is 11.3 Å². The van der Waals surface area contributed by atoms with E-state index in [-0.39, 0.29) is 11.6 Å². The van der Waals surface area contributed by atoms with Gasteiger partial charge in [-0.05, 0) is 24.3 Å². The number of quaternary nitrogens is 1. The Kier molecular flexibility index (Phi) is 4.59. The van der Waals surface area contributed by atoms with Crippen LogP contribution in [0.25, 0.3) is 21.5 Å². The quantitative estimate of drug-likeness (QED) is 0.452. The minimum Gasteiger partial charge on any atom is -0.464 e. The van der Waals surface area contributed by atoms with Gasteiger partial charge in [0.05, 0.1) is 17.9 Å². The molecule has 4 heterocycles. The van der Waals surface area contributed by atoms with Crippen molar-refractivity contribution < 1.29 is 14.2 Å². The number of hydrogen-bond donors (Lipinski definition) is 2. The van der Waals surface area contributed by atoms with Gasteiger partial charge in [0.1, 0.15) is 17.1 Å². The van der Waals surface area contributed by atoms with Crippen molar-refractivity contribution in [2.45, 2.75) is 12.6 Å². The normalized spacial score (nSPS) is 12.4. The highest BCUT2D eigenvalue weighted by atomic mass is 32.1. The Bertz CT molecular complexity index is 1270. The molecule has 0 saturated carbocycles. The van der Waals surface area contributed by atoms with Crippen molar-refractivity contribution in [3.05, 3.63) is 100 Å². The summed E-state index contributed by atoms with van der Waals surface area (Å²) in [5.41, 5.74) is 1.75. The fraction of sp³-hybridized carbons (Fsp3) is 0.0909. The first-order chi connectivity index (χ1) is 14.3. The molecule has 5 aromatic rings. The summed E-state index contributed by atoms with van der Waals surface area (Å²) in [6.45, 7) is 0.513. The Hall–Kier alpha value is -3.42. The van der Waals surface area contributed by atoms with Gasteiger partial charge in [0.15, 0.2) is 17.6 Å². The lowest BCUT2D eigenvalue weighted by atomic mass is 10.0. The third-order valence-electron chi connectivity index (χ3n) is 4.83. The Morgan fingerprint density at radius 2 is 1.86 bits per heavy atom. The second kappa shape index (κ2) is 7.54. The molecule has 0 unspecified atom stereocenters. The number of nitrogens with two attached hydrogens (primary N) is 1. The molecule has 5 rings (SSSR count). The Labute approximate surface area is 169 Å². The second-order valence-electron chi connectivity index (χ2n) is 6.66. The summed E-state index contributed by atoms with van der Waals surface area (Å²) in [6, 6.07) is 17.6. The number of benzene rings is 1. The van der Waals surface area contributed by atoms with Crippen LogP contribution in [0.5, 0.6) is 0 Å². The van der Waals surface area contributed by atoms with E-state index in [2.05, 4.69) is 27.4 Å². The summed E-state index contributed by atoms with van der Waals surface area (Å²) in [5.74, 6) is 2.16. The highest BCUT2D eigenvalue weighted by Gasteiger charge is 2.21. The molecule has 4 aromatic heterocycles. The number of hydrogen-bond acceptors (Lipinski definition) is 5. The van der Waals surface area contributed by atoms with E-state index < -0.39 is 0 Å². The number of furan rings is 2. The molecule has 144 valence electrons. The van der Waals surface area contributed by atoms with Gasteiger partial charge in [-0.1, -0.05) is 30.3 Å². The lowest BCUT2D eigenvalue weighted by Gasteiger charge is -2.13. The van der Waals surface area contributed by atoms with Crippen LogP contribution in [0, 0.1) is 0 Å². The molecule has 7 heteroatoms. The molecule has 0 bridgehead atoms. The molecule has 1 aromatic carbocycles. The molecule has 0 aliphatic rings. The zero-order chi connectivity index (χ0) is 19.6. The largest absolute Gasteiger partial charge is 0.464 e. The van der Waals surface area contributed by atoms with Crippen LogP contribution >= 0.6 is 11.3 Å². The molecule has 3 N–H and O–H groups in total. The summed E-state index contributed by atoms with van der Waals surface area (Å²) in [6.07, 6.45) is 3.27. The first kappa shape index (κ1) is 17.7. The number of aromatic nitrogens is 2.